The van der Waals surface area contributed by atoms with E-state index in [1.54, 1.807) is 45.2 Å². The van der Waals surface area contributed by atoms with Crippen LogP contribution in [0.2, 0.25) is 0 Å². The van der Waals surface area contributed by atoms with E-state index in [1.165, 1.54) is 6.07 Å². The van der Waals surface area contributed by atoms with Gasteiger partial charge in [0.15, 0.2) is 6.79 Å². The van der Waals surface area contributed by atoms with Crippen LogP contribution >= 0.6 is 0 Å². The number of benzene rings is 1. The first-order chi connectivity index (χ1) is 14.5. The summed E-state index contributed by atoms with van der Waals surface area (Å²) >= 11 is 0. The van der Waals surface area contributed by atoms with Gasteiger partial charge in [-0.2, -0.15) is 0 Å². The number of carbonyl (C=O) groups excluding carboxylic acids is 2. The predicted octanol–water partition coefficient (Wildman–Crippen LogP) is 2.39. The number of nitrogens with one attached hydrogen (secondary N) is 1. The number of carbonyl (C=O) groups is 2. The van der Waals surface area contributed by atoms with Crippen LogP contribution in [0, 0.1) is 0 Å². The van der Waals surface area contributed by atoms with Gasteiger partial charge in [-0.3, -0.25) is 4.79 Å². The van der Waals surface area contributed by atoms with Gasteiger partial charge < -0.3 is 28.7 Å². The molecule has 0 saturated carbocycles. The molecule has 0 unspecified atom stereocenters. The zero-order valence-corrected chi connectivity index (χ0v) is 17.2. The molecule has 1 heterocycles. The molecule has 9 nitrogen and oxygen atoms in total. The van der Waals surface area contributed by atoms with Crippen molar-refractivity contribution in [1.82, 2.24) is 4.98 Å². The number of esters is 2. The highest BCUT2D eigenvalue weighted by atomic mass is 16.7. The molecule has 0 radical (unpaired) electrons. The Labute approximate surface area is 173 Å². The minimum absolute atomic E-state index is 0.0684. The lowest BCUT2D eigenvalue weighted by molar-refractivity contribution is -0.00846. The summed E-state index contributed by atoms with van der Waals surface area (Å²) in [5.74, 6) is -1.10. The second-order valence-corrected chi connectivity index (χ2v) is 5.93. The molecule has 2 aromatic rings. The first-order valence-electron chi connectivity index (χ1n) is 9.43. The fraction of sp³-hybridized carbons (Fsp3) is 0.381. The topological polar surface area (TPSA) is 113 Å². The van der Waals surface area contributed by atoms with E-state index in [4.69, 9.17) is 23.7 Å². The second kappa shape index (κ2) is 11.7. The molecular weight excluding hydrogens is 394 g/mol. The fourth-order valence-electron chi connectivity index (χ4n) is 2.53. The molecule has 0 aliphatic heterocycles. The highest BCUT2D eigenvalue weighted by molar-refractivity contribution is 6.03. The highest BCUT2D eigenvalue weighted by Crippen LogP contribution is 2.22. The highest BCUT2D eigenvalue weighted by Gasteiger charge is 2.24. The van der Waals surface area contributed by atoms with Gasteiger partial charge in [0.05, 0.1) is 32.0 Å². The van der Waals surface area contributed by atoms with Crippen molar-refractivity contribution in [2.45, 2.75) is 13.8 Å². The van der Waals surface area contributed by atoms with Crippen molar-refractivity contribution in [1.29, 1.82) is 0 Å². The first-order valence-corrected chi connectivity index (χ1v) is 9.43. The molecule has 0 aliphatic rings. The number of hydrogen-bond acceptors (Lipinski definition) is 8. The molecule has 0 aliphatic carbocycles. The van der Waals surface area contributed by atoms with Gasteiger partial charge in [-0.25, -0.2) is 9.59 Å². The maximum Gasteiger partial charge on any atom is 0.344 e. The molecule has 0 spiro atoms. The number of H-pyrrole nitrogens is 1. The number of pyridine rings is 1. The summed E-state index contributed by atoms with van der Waals surface area (Å²) in [6.07, 6.45) is 0. The molecule has 30 heavy (non-hydrogen) atoms. The predicted molar refractivity (Wildman–Crippen MR) is 108 cm³/mol. The lowest BCUT2D eigenvalue weighted by Gasteiger charge is -2.11. The van der Waals surface area contributed by atoms with Crippen molar-refractivity contribution in [3.8, 4) is 17.0 Å². The molecule has 9 heteroatoms. The molecule has 2 rings (SSSR count). The van der Waals surface area contributed by atoms with Crippen LogP contribution in [-0.2, 0) is 18.9 Å². The van der Waals surface area contributed by atoms with Gasteiger partial charge in [-0.05, 0) is 49.7 Å². The second-order valence-electron chi connectivity index (χ2n) is 5.93. The van der Waals surface area contributed by atoms with Crippen LogP contribution in [-0.4, -0.2) is 57.3 Å². The van der Waals surface area contributed by atoms with Gasteiger partial charge in [-0.1, -0.05) is 0 Å². The van der Waals surface area contributed by atoms with Crippen molar-refractivity contribution in [2.75, 3.05) is 40.3 Å². The Morgan fingerprint density at radius 2 is 1.63 bits per heavy atom. The Bertz CT molecular complexity index is 904. The van der Waals surface area contributed by atoms with Crippen molar-refractivity contribution >= 4 is 11.9 Å². The van der Waals surface area contributed by atoms with Crippen molar-refractivity contribution in [2.24, 2.45) is 0 Å². The Balaban J connectivity index is 2.27. The molecule has 1 aromatic heterocycles. The van der Waals surface area contributed by atoms with Gasteiger partial charge in [0.1, 0.15) is 11.3 Å². The number of methoxy groups -OCH3 is 1. The van der Waals surface area contributed by atoms with Gasteiger partial charge in [-0.15, -0.1) is 0 Å². The Kier molecular flexibility index (Phi) is 9.04. The summed E-state index contributed by atoms with van der Waals surface area (Å²) in [4.78, 5) is 39.6. The molecule has 1 aromatic carbocycles. The maximum absolute atomic E-state index is 12.5. The normalized spacial score (nSPS) is 10.5. The van der Waals surface area contributed by atoms with Gasteiger partial charge in [0, 0.05) is 12.8 Å². The maximum atomic E-state index is 12.5. The quantitative estimate of drug-likeness (QED) is 0.336. The number of rotatable bonds is 11. The molecular formula is C21H25NO8. The summed E-state index contributed by atoms with van der Waals surface area (Å²) < 4.78 is 25.5. The van der Waals surface area contributed by atoms with E-state index in [0.717, 1.165) is 0 Å². The van der Waals surface area contributed by atoms with Crippen molar-refractivity contribution in [3.05, 3.63) is 51.8 Å². The summed E-state index contributed by atoms with van der Waals surface area (Å²) in [7, 11) is 1.58. The summed E-state index contributed by atoms with van der Waals surface area (Å²) in [5.41, 5.74) is -0.311. The van der Waals surface area contributed by atoms with Crippen LogP contribution in [0.15, 0.2) is 35.1 Å². The van der Waals surface area contributed by atoms with E-state index < -0.39 is 17.5 Å². The number of ether oxygens (including phenoxy) is 5. The molecule has 0 atom stereocenters. The van der Waals surface area contributed by atoms with E-state index in [0.29, 0.717) is 30.2 Å². The smallest absolute Gasteiger partial charge is 0.344 e. The SMILES string of the molecule is CCOC(=O)c1cc(-c2ccc(OCOCCOC)cc2)[nH]c(=O)c1C(=O)OCC. The monoisotopic (exact) mass is 419 g/mol. The Morgan fingerprint density at radius 3 is 2.27 bits per heavy atom. The lowest BCUT2D eigenvalue weighted by atomic mass is 10.0. The third-order valence-corrected chi connectivity index (χ3v) is 3.91. The van der Waals surface area contributed by atoms with E-state index in [2.05, 4.69) is 4.98 Å². The summed E-state index contributed by atoms with van der Waals surface area (Å²) in [6.45, 7) is 4.37. The minimum Gasteiger partial charge on any atom is -0.468 e. The van der Waals surface area contributed by atoms with Crippen LogP contribution in [0.25, 0.3) is 11.3 Å². The van der Waals surface area contributed by atoms with Gasteiger partial charge >= 0.3 is 11.9 Å². The number of hydrogen-bond donors (Lipinski definition) is 1. The molecule has 0 fully saturated rings. The molecule has 0 amide bonds. The van der Waals surface area contributed by atoms with E-state index in [1.807, 2.05) is 0 Å². The zero-order chi connectivity index (χ0) is 21.9. The van der Waals surface area contributed by atoms with Crippen LogP contribution in [0.4, 0.5) is 0 Å². The summed E-state index contributed by atoms with van der Waals surface area (Å²) in [5, 5.41) is 0. The Morgan fingerprint density at radius 1 is 0.967 bits per heavy atom. The summed E-state index contributed by atoms with van der Waals surface area (Å²) in [6, 6.07) is 8.19. The average molecular weight is 419 g/mol. The van der Waals surface area contributed by atoms with Crippen molar-refractivity contribution < 1.29 is 33.3 Å². The third-order valence-electron chi connectivity index (χ3n) is 3.91. The van der Waals surface area contributed by atoms with Gasteiger partial charge in [0.2, 0.25) is 0 Å². The lowest BCUT2D eigenvalue weighted by Crippen LogP contribution is -2.25. The first kappa shape index (κ1) is 23.1. The average Bonchev–Trinajstić information content (AvgIpc) is 2.73. The zero-order valence-electron chi connectivity index (χ0n) is 17.2. The largest absolute Gasteiger partial charge is 0.468 e. The van der Waals surface area contributed by atoms with E-state index >= 15 is 0 Å². The van der Waals surface area contributed by atoms with Gasteiger partial charge in [0.25, 0.3) is 5.56 Å². The van der Waals surface area contributed by atoms with Crippen molar-refractivity contribution in [3.63, 3.8) is 0 Å². The fourth-order valence-corrected chi connectivity index (χ4v) is 2.53. The molecule has 0 saturated heterocycles. The van der Waals surface area contributed by atoms with Crippen LogP contribution < -0.4 is 10.3 Å². The van der Waals surface area contributed by atoms with Crippen LogP contribution in [0.5, 0.6) is 5.75 Å². The Hall–Kier alpha value is -3.17. The molecule has 162 valence electrons. The number of aromatic amines is 1. The van der Waals surface area contributed by atoms with E-state index in [-0.39, 0.29) is 31.1 Å². The molecule has 0 bridgehead atoms. The van der Waals surface area contributed by atoms with Crippen LogP contribution in [0.1, 0.15) is 34.6 Å². The van der Waals surface area contributed by atoms with E-state index in [9.17, 15) is 14.4 Å². The van der Waals surface area contributed by atoms with Crippen LogP contribution in [0.3, 0.4) is 0 Å². The minimum atomic E-state index is -0.884. The third kappa shape index (κ3) is 6.16. The number of aromatic nitrogens is 1. The standard InChI is InChI=1S/C21H25NO8/c1-4-28-20(24)16-12-17(22-19(23)18(16)21(25)29-5-2)14-6-8-15(9-7-14)30-13-27-11-10-26-3/h6-9,12H,4-5,10-11,13H2,1-3H3,(H,22,23). The molecule has 1 N–H and O–H groups in total.